The Kier molecular flexibility index (Phi) is 3.36. The maximum Gasteiger partial charge on any atom is 0.573 e. The molecule has 0 amide bonds. The van der Waals surface area contributed by atoms with E-state index in [1.807, 2.05) is 0 Å². The summed E-state index contributed by atoms with van der Waals surface area (Å²) < 4.78 is 43.8. The summed E-state index contributed by atoms with van der Waals surface area (Å²) in [7, 11) is 1.15. The molecule has 0 radical (unpaired) electrons. The normalized spacial score (nSPS) is 11.1. The SMILES string of the molecule is COC(=O)c1cc(C)c(OC(F)(F)F)cn1. The van der Waals surface area contributed by atoms with E-state index in [0.717, 1.165) is 19.4 Å². The third-order valence-corrected chi connectivity index (χ3v) is 1.68. The molecule has 1 heterocycles. The van der Waals surface area contributed by atoms with Gasteiger partial charge in [-0.15, -0.1) is 13.2 Å². The Morgan fingerprint density at radius 3 is 2.50 bits per heavy atom. The topological polar surface area (TPSA) is 48.4 Å². The Morgan fingerprint density at radius 1 is 1.44 bits per heavy atom. The van der Waals surface area contributed by atoms with Crippen molar-refractivity contribution in [3.05, 3.63) is 23.5 Å². The number of ether oxygens (including phenoxy) is 2. The van der Waals surface area contributed by atoms with Crippen molar-refractivity contribution in [1.29, 1.82) is 0 Å². The van der Waals surface area contributed by atoms with Gasteiger partial charge in [-0.3, -0.25) is 0 Å². The molecule has 0 aliphatic heterocycles. The third kappa shape index (κ3) is 3.11. The molecule has 1 aromatic heterocycles. The number of hydrogen-bond donors (Lipinski definition) is 0. The van der Waals surface area contributed by atoms with E-state index in [-0.39, 0.29) is 11.3 Å². The quantitative estimate of drug-likeness (QED) is 0.736. The number of alkyl halides is 3. The van der Waals surface area contributed by atoms with Crippen LogP contribution in [-0.2, 0) is 4.74 Å². The summed E-state index contributed by atoms with van der Waals surface area (Å²) in [6.45, 7) is 1.37. The Bertz CT molecular complexity index is 403. The van der Waals surface area contributed by atoms with Crippen molar-refractivity contribution in [3.63, 3.8) is 0 Å². The molecule has 1 aromatic rings. The highest BCUT2D eigenvalue weighted by atomic mass is 19.4. The summed E-state index contributed by atoms with van der Waals surface area (Å²) in [6.07, 6.45) is -3.95. The van der Waals surface area contributed by atoms with Crippen molar-refractivity contribution in [1.82, 2.24) is 4.98 Å². The first-order valence-corrected chi connectivity index (χ1v) is 4.14. The van der Waals surface area contributed by atoms with Gasteiger partial charge in [-0.1, -0.05) is 0 Å². The summed E-state index contributed by atoms with van der Waals surface area (Å²) in [6, 6.07) is 1.16. The summed E-state index contributed by atoms with van der Waals surface area (Å²) in [5.41, 5.74) is 0.0715. The molecule has 4 nitrogen and oxygen atoms in total. The Balaban J connectivity index is 2.96. The van der Waals surface area contributed by atoms with Crippen LogP contribution in [-0.4, -0.2) is 24.4 Å². The van der Waals surface area contributed by atoms with E-state index in [2.05, 4.69) is 14.5 Å². The van der Waals surface area contributed by atoms with Crippen molar-refractivity contribution in [2.24, 2.45) is 0 Å². The minimum absolute atomic E-state index is 0.0745. The van der Waals surface area contributed by atoms with Gasteiger partial charge in [-0.25, -0.2) is 9.78 Å². The van der Waals surface area contributed by atoms with Gasteiger partial charge < -0.3 is 9.47 Å². The molecule has 16 heavy (non-hydrogen) atoms. The van der Waals surface area contributed by atoms with Crippen LogP contribution in [0.3, 0.4) is 0 Å². The number of aryl methyl sites for hydroxylation is 1. The molecule has 0 N–H and O–H groups in total. The summed E-state index contributed by atoms with van der Waals surface area (Å²) >= 11 is 0. The van der Waals surface area contributed by atoms with Crippen LogP contribution in [0.15, 0.2) is 12.3 Å². The number of nitrogens with zero attached hydrogens (tertiary/aromatic N) is 1. The first-order valence-electron chi connectivity index (χ1n) is 4.14. The Morgan fingerprint density at radius 2 is 2.06 bits per heavy atom. The second-order valence-corrected chi connectivity index (χ2v) is 2.87. The number of hydrogen-bond acceptors (Lipinski definition) is 4. The Labute approximate surface area is 89.0 Å². The standard InChI is InChI=1S/C9H8F3NO3/c1-5-3-6(8(14)15-2)13-4-7(5)16-9(10,11)12/h3-4H,1-2H3. The maximum atomic E-state index is 11.9. The van der Waals surface area contributed by atoms with Gasteiger partial charge in [-0.2, -0.15) is 0 Å². The van der Waals surface area contributed by atoms with E-state index in [9.17, 15) is 18.0 Å². The van der Waals surface area contributed by atoms with Crippen LogP contribution in [0.4, 0.5) is 13.2 Å². The van der Waals surface area contributed by atoms with Crippen LogP contribution in [0.1, 0.15) is 16.1 Å². The number of carbonyl (C=O) groups is 1. The number of pyridine rings is 1. The van der Waals surface area contributed by atoms with Gasteiger partial charge in [0.2, 0.25) is 0 Å². The molecule has 0 atom stereocenters. The minimum Gasteiger partial charge on any atom is -0.464 e. The van der Waals surface area contributed by atoms with Crippen LogP contribution in [0.2, 0.25) is 0 Å². The molecule has 0 fully saturated rings. The average Bonchev–Trinajstić information content (AvgIpc) is 2.18. The summed E-state index contributed by atoms with van der Waals surface area (Å²) in [4.78, 5) is 14.5. The van der Waals surface area contributed by atoms with Crippen molar-refractivity contribution in [3.8, 4) is 5.75 Å². The van der Waals surface area contributed by atoms with Crippen molar-refractivity contribution >= 4 is 5.97 Å². The van der Waals surface area contributed by atoms with E-state index < -0.39 is 18.1 Å². The van der Waals surface area contributed by atoms with E-state index in [1.54, 1.807) is 0 Å². The van der Waals surface area contributed by atoms with Crippen LogP contribution in [0.5, 0.6) is 5.75 Å². The van der Waals surface area contributed by atoms with E-state index in [1.165, 1.54) is 6.92 Å². The third-order valence-electron chi connectivity index (χ3n) is 1.68. The molecule has 88 valence electrons. The van der Waals surface area contributed by atoms with Gasteiger partial charge in [0.05, 0.1) is 13.3 Å². The molecule has 0 unspecified atom stereocenters. The van der Waals surface area contributed by atoms with Gasteiger partial charge in [0.25, 0.3) is 0 Å². The van der Waals surface area contributed by atoms with Crippen LogP contribution in [0.25, 0.3) is 0 Å². The van der Waals surface area contributed by atoms with Crippen molar-refractivity contribution in [2.75, 3.05) is 7.11 Å². The van der Waals surface area contributed by atoms with Gasteiger partial charge in [0.1, 0.15) is 5.69 Å². The molecule has 0 saturated carbocycles. The number of esters is 1. The molecule has 7 heteroatoms. The minimum atomic E-state index is -4.78. The lowest BCUT2D eigenvalue weighted by molar-refractivity contribution is -0.275. The van der Waals surface area contributed by atoms with Gasteiger partial charge in [-0.05, 0) is 18.6 Å². The molecule has 0 spiro atoms. The van der Waals surface area contributed by atoms with Crippen LogP contribution >= 0.6 is 0 Å². The lowest BCUT2D eigenvalue weighted by Crippen LogP contribution is -2.18. The van der Waals surface area contributed by atoms with Crippen LogP contribution < -0.4 is 4.74 Å². The highest BCUT2D eigenvalue weighted by molar-refractivity contribution is 5.87. The van der Waals surface area contributed by atoms with Gasteiger partial charge in [0, 0.05) is 0 Å². The molecule has 0 aromatic carbocycles. The molecular formula is C9H8F3NO3. The zero-order valence-corrected chi connectivity index (χ0v) is 8.46. The highest BCUT2D eigenvalue weighted by Crippen LogP contribution is 2.25. The molecule has 0 bridgehead atoms. The molecule has 0 aliphatic rings. The molecule has 1 rings (SSSR count). The second-order valence-electron chi connectivity index (χ2n) is 2.87. The predicted octanol–water partition coefficient (Wildman–Crippen LogP) is 2.08. The van der Waals surface area contributed by atoms with Gasteiger partial charge in [0.15, 0.2) is 5.75 Å². The van der Waals surface area contributed by atoms with Crippen molar-refractivity contribution < 1.29 is 27.4 Å². The number of aromatic nitrogens is 1. The lowest BCUT2D eigenvalue weighted by atomic mass is 10.2. The van der Waals surface area contributed by atoms with Gasteiger partial charge >= 0.3 is 12.3 Å². The fourth-order valence-electron chi connectivity index (χ4n) is 0.991. The predicted molar refractivity (Wildman–Crippen MR) is 47.0 cm³/mol. The zero-order valence-electron chi connectivity index (χ0n) is 8.46. The summed E-state index contributed by atoms with van der Waals surface area (Å²) in [5.74, 6) is -1.16. The fraction of sp³-hybridized carbons (Fsp3) is 0.333. The first-order chi connectivity index (χ1) is 7.33. The first kappa shape index (κ1) is 12.3. The lowest BCUT2D eigenvalue weighted by Gasteiger charge is -2.11. The number of rotatable bonds is 2. The fourth-order valence-corrected chi connectivity index (χ4v) is 0.991. The van der Waals surface area contributed by atoms with E-state index >= 15 is 0 Å². The second kappa shape index (κ2) is 4.38. The zero-order chi connectivity index (χ0) is 12.3. The Hall–Kier alpha value is -1.79. The largest absolute Gasteiger partial charge is 0.573 e. The molecule has 0 saturated heterocycles. The average molecular weight is 235 g/mol. The van der Waals surface area contributed by atoms with Crippen LogP contribution in [0, 0.1) is 6.92 Å². The summed E-state index contributed by atoms with van der Waals surface area (Å²) in [5, 5.41) is 0. The van der Waals surface area contributed by atoms with E-state index in [0.29, 0.717) is 0 Å². The highest BCUT2D eigenvalue weighted by Gasteiger charge is 2.32. The number of methoxy groups -OCH3 is 1. The molecule has 0 aliphatic carbocycles. The molecular weight excluding hydrogens is 227 g/mol. The maximum absolute atomic E-state index is 11.9. The smallest absolute Gasteiger partial charge is 0.464 e. The monoisotopic (exact) mass is 235 g/mol. The number of halogens is 3. The van der Waals surface area contributed by atoms with E-state index in [4.69, 9.17) is 0 Å². The number of carbonyl (C=O) groups excluding carboxylic acids is 1. The van der Waals surface area contributed by atoms with Crippen molar-refractivity contribution in [2.45, 2.75) is 13.3 Å².